The van der Waals surface area contributed by atoms with Crippen molar-refractivity contribution in [1.29, 1.82) is 0 Å². The standard InChI is InChI=1S/C26H19F3O3/c1-16-20(11-18-3-2-4-22(12-18)26(27,28)29)13-21-14-23(9-10-24(16)21)32-15-17-5-7-19(8-6-17)25(30)31/h2-12,14H,1,13,15H2,(H,30,31)/b20-11+. The zero-order chi connectivity index (χ0) is 22.9. The first-order valence-corrected chi connectivity index (χ1v) is 9.86. The Morgan fingerprint density at radius 1 is 1.06 bits per heavy atom. The van der Waals surface area contributed by atoms with Gasteiger partial charge < -0.3 is 9.84 Å². The molecule has 0 amide bonds. The Kier molecular flexibility index (Phi) is 5.61. The molecule has 3 nitrogen and oxygen atoms in total. The molecular formula is C26H19F3O3. The van der Waals surface area contributed by atoms with Crippen LogP contribution in [0.15, 0.2) is 78.9 Å². The van der Waals surface area contributed by atoms with Crippen molar-refractivity contribution in [2.45, 2.75) is 19.2 Å². The lowest BCUT2D eigenvalue weighted by Crippen LogP contribution is -2.04. The van der Waals surface area contributed by atoms with Crippen molar-refractivity contribution in [3.05, 3.63) is 112 Å². The van der Waals surface area contributed by atoms with Crippen molar-refractivity contribution >= 4 is 17.6 Å². The molecule has 0 bridgehead atoms. The van der Waals surface area contributed by atoms with Crippen LogP contribution in [0, 0.1) is 0 Å². The fraction of sp³-hybridized carbons (Fsp3) is 0.115. The van der Waals surface area contributed by atoms with E-state index in [9.17, 15) is 18.0 Å². The first kappa shape index (κ1) is 21.4. The summed E-state index contributed by atoms with van der Waals surface area (Å²) in [5.74, 6) is -0.329. The predicted octanol–water partition coefficient (Wildman–Crippen LogP) is 6.64. The minimum absolute atomic E-state index is 0.213. The van der Waals surface area contributed by atoms with Crippen LogP contribution in [0.1, 0.15) is 38.2 Å². The highest BCUT2D eigenvalue weighted by molar-refractivity contribution is 5.89. The monoisotopic (exact) mass is 436 g/mol. The smallest absolute Gasteiger partial charge is 0.416 e. The van der Waals surface area contributed by atoms with E-state index in [1.165, 1.54) is 18.2 Å². The van der Waals surface area contributed by atoms with Gasteiger partial charge in [-0.15, -0.1) is 0 Å². The Labute approximate surface area is 183 Å². The molecule has 0 unspecified atom stereocenters. The summed E-state index contributed by atoms with van der Waals surface area (Å²) in [6, 6.07) is 17.3. The van der Waals surface area contributed by atoms with Crippen molar-refractivity contribution in [2.75, 3.05) is 0 Å². The summed E-state index contributed by atoms with van der Waals surface area (Å²) in [6.07, 6.45) is -2.10. The molecule has 3 aromatic rings. The van der Waals surface area contributed by atoms with E-state index in [-0.39, 0.29) is 12.2 Å². The Morgan fingerprint density at radius 2 is 1.81 bits per heavy atom. The summed E-state index contributed by atoms with van der Waals surface area (Å²) in [4.78, 5) is 10.9. The lowest BCUT2D eigenvalue weighted by molar-refractivity contribution is -0.137. The van der Waals surface area contributed by atoms with E-state index in [0.717, 1.165) is 40.0 Å². The Morgan fingerprint density at radius 3 is 2.50 bits per heavy atom. The maximum Gasteiger partial charge on any atom is 0.416 e. The van der Waals surface area contributed by atoms with Gasteiger partial charge in [0.25, 0.3) is 0 Å². The summed E-state index contributed by atoms with van der Waals surface area (Å²) >= 11 is 0. The first-order chi connectivity index (χ1) is 15.2. The minimum atomic E-state index is -4.38. The Balaban J connectivity index is 1.48. The minimum Gasteiger partial charge on any atom is -0.489 e. The molecule has 0 aliphatic heterocycles. The summed E-state index contributed by atoms with van der Waals surface area (Å²) in [7, 11) is 0. The lowest BCUT2D eigenvalue weighted by atomic mass is 10.0. The first-order valence-electron chi connectivity index (χ1n) is 9.86. The van der Waals surface area contributed by atoms with Crippen LogP contribution in [0.5, 0.6) is 5.75 Å². The number of carboxylic acids is 1. The van der Waals surface area contributed by atoms with Gasteiger partial charge in [-0.25, -0.2) is 4.79 Å². The Hall–Kier alpha value is -3.80. The molecule has 4 rings (SSSR count). The highest BCUT2D eigenvalue weighted by Gasteiger charge is 2.30. The van der Waals surface area contributed by atoms with Gasteiger partial charge in [0.1, 0.15) is 12.4 Å². The quantitative estimate of drug-likeness (QED) is 0.488. The van der Waals surface area contributed by atoms with Crippen LogP contribution in [-0.4, -0.2) is 11.1 Å². The maximum atomic E-state index is 13.0. The molecule has 6 heteroatoms. The summed E-state index contributed by atoms with van der Waals surface area (Å²) in [6.45, 7) is 4.39. The second-order valence-electron chi connectivity index (χ2n) is 7.56. The van der Waals surface area contributed by atoms with Crippen molar-refractivity contribution in [2.24, 2.45) is 0 Å². The third-order valence-electron chi connectivity index (χ3n) is 5.33. The molecule has 0 aromatic heterocycles. The predicted molar refractivity (Wildman–Crippen MR) is 116 cm³/mol. The highest BCUT2D eigenvalue weighted by Crippen LogP contribution is 2.39. The zero-order valence-electron chi connectivity index (χ0n) is 16.9. The molecule has 0 saturated carbocycles. The number of hydrogen-bond donors (Lipinski definition) is 1. The van der Waals surface area contributed by atoms with E-state index in [2.05, 4.69) is 6.58 Å². The van der Waals surface area contributed by atoms with Gasteiger partial charge in [0, 0.05) is 0 Å². The van der Waals surface area contributed by atoms with Crippen molar-refractivity contribution in [3.63, 3.8) is 0 Å². The van der Waals surface area contributed by atoms with Gasteiger partial charge in [-0.2, -0.15) is 13.2 Å². The average Bonchev–Trinajstić information content (AvgIpc) is 3.06. The number of benzene rings is 3. The van der Waals surface area contributed by atoms with Crippen LogP contribution in [0.25, 0.3) is 11.6 Å². The number of carboxylic acid groups (broad SMARTS) is 1. The molecule has 162 valence electrons. The van der Waals surface area contributed by atoms with Crippen LogP contribution in [0.2, 0.25) is 0 Å². The number of carbonyl (C=O) groups is 1. The van der Waals surface area contributed by atoms with Crippen molar-refractivity contribution in [1.82, 2.24) is 0 Å². The number of hydrogen-bond acceptors (Lipinski definition) is 2. The summed E-state index contributed by atoms with van der Waals surface area (Å²) in [5.41, 5.74) is 4.43. The second-order valence-corrected chi connectivity index (χ2v) is 7.56. The van der Waals surface area contributed by atoms with Crippen molar-refractivity contribution in [3.8, 4) is 5.75 Å². The van der Waals surface area contributed by atoms with Crippen LogP contribution < -0.4 is 4.74 Å². The SMILES string of the molecule is C=C1/C(=C/c2cccc(C(F)(F)F)c2)Cc2cc(OCc3ccc(C(=O)O)cc3)ccc21. The van der Waals surface area contributed by atoms with Gasteiger partial charge in [-0.3, -0.25) is 0 Å². The van der Waals surface area contributed by atoms with Crippen LogP contribution in [0.4, 0.5) is 13.2 Å². The number of fused-ring (bicyclic) bond motifs is 1. The van der Waals surface area contributed by atoms with Crippen LogP contribution >= 0.6 is 0 Å². The molecule has 0 radical (unpaired) electrons. The molecule has 0 fully saturated rings. The lowest BCUT2D eigenvalue weighted by Gasteiger charge is -2.08. The molecule has 1 aliphatic carbocycles. The van der Waals surface area contributed by atoms with E-state index >= 15 is 0 Å². The number of alkyl halides is 3. The molecule has 0 heterocycles. The van der Waals surface area contributed by atoms with Gasteiger partial charge >= 0.3 is 12.1 Å². The zero-order valence-corrected chi connectivity index (χ0v) is 16.9. The molecule has 3 aromatic carbocycles. The maximum absolute atomic E-state index is 13.0. The van der Waals surface area contributed by atoms with Crippen LogP contribution in [0.3, 0.4) is 0 Å². The third kappa shape index (κ3) is 4.59. The normalized spacial score (nSPS) is 14.5. The van der Waals surface area contributed by atoms with E-state index in [1.54, 1.807) is 24.3 Å². The average molecular weight is 436 g/mol. The van der Waals surface area contributed by atoms with Gasteiger partial charge in [0.05, 0.1) is 11.1 Å². The largest absolute Gasteiger partial charge is 0.489 e. The van der Waals surface area contributed by atoms with Gasteiger partial charge in [-0.05, 0) is 76.2 Å². The number of ether oxygens (including phenoxy) is 1. The van der Waals surface area contributed by atoms with Gasteiger partial charge in [0.2, 0.25) is 0 Å². The second kappa shape index (κ2) is 8.38. The topological polar surface area (TPSA) is 46.5 Å². The third-order valence-corrected chi connectivity index (χ3v) is 5.33. The number of rotatable bonds is 5. The molecule has 1 N–H and O–H groups in total. The molecule has 0 atom stereocenters. The summed E-state index contributed by atoms with van der Waals surface area (Å²) in [5, 5.41) is 8.97. The fourth-order valence-electron chi connectivity index (χ4n) is 3.64. The van der Waals surface area contributed by atoms with Crippen LogP contribution in [-0.2, 0) is 19.2 Å². The van der Waals surface area contributed by atoms with E-state index in [4.69, 9.17) is 9.84 Å². The summed E-state index contributed by atoms with van der Waals surface area (Å²) < 4.78 is 44.8. The fourth-order valence-corrected chi connectivity index (χ4v) is 3.64. The highest BCUT2D eigenvalue weighted by atomic mass is 19.4. The number of aromatic carboxylic acids is 1. The molecular weight excluding hydrogens is 417 g/mol. The number of halogens is 3. The molecule has 0 saturated heterocycles. The van der Waals surface area contributed by atoms with E-state index < -0.39 is 17.7 Å². The van der Waals surface area contributed by atoms with E-state index in [1.807, 2.05) is 18.2 Å². The Bertz CT molecular complexity index is 1220. The molecule has 1 aliphatic rings. The van der Waals surface area contributed by atoms with E-state index in [0.29, 0.717) is 17.7 Å². The number of allylic oxidation sites excluding steroid dienone is 2. The van der Waals surface area contributed by atoms with Gasteiger partial charge in [0.15, 0.2) is 0 Å². The van der Waals surface area contributed by atoms with Gasteiger partial charge in [-0.1, -0.05) is 43.0 Å². The molecule has 32 heavy (non-hydrogen) atoms. The van der Waals surface area contributed by atoms with Crippen molar-refractivity contribution < 1.29 is 27.8 Å². The molecule has 0 spiro atoms.